The van der Waals surface area contributed by atoms with Crippen LogP contribution in [0.25, 0.3) is 10.9 Å². The zero-order chi connectivity index (χ0) is 29.4. The van der Waals surface area contributed by atoms with Crippen LogP contribution >= 0.6 is 11.6 Å². The van der Waals surface area contributed by atoms with Gasteiger partial charge in [0, 0.05) is 67.1 Å². The van der Waals surface area contributed by atoms with E-state index < -0.39 is 17.7 Å². The lowest BCUT2D eigenvalue weighted by Crippen LogP contribution is -2.62. The van der Waals surface area contributed by atoms with Gasteiger partial charge in [-0.25, -0.2) is 0 Å². The van der Waals surface area contributed by atoms with Gasteiger partial charge in [-0.05, 0) is 68.5 Å². The predicted octanol–water partition coefficient (Wildman–Crippen LogP) is 3.65. The highest BCUT2D eigenvalue weighted by Gasteiger charge is 2.53. The van der Waals surface area contributed by atoms with Crippen molar-refractivity contribution >= 4 is 51.8 Å². The van der Waals surface area contributed by atoms with E-state index in [2.05, 4.69) is 15.6 Å². The molecule has 2 aliphatic heterocycles. The second kappa shape index (κ2) is 11.4. The summed E-state index contributed by atoms with van der Waals surface area (Å²) >= 11 is 6.20. The molecule has 3 aromatic rings. The van der Waals surface area contributed by atoms with Gasteiger partial charge in [0.2, 0.25) is 5.91 Å². The number of nitrogens with one attached hydrogen (secondary N) is 3. The number of carbonyl (C=O) groups is 4. The molecule has 6 rings (SSSR count). The number of rotatable bonds is 7. The van der Waals surface area contributed by atoms with Gasteiger partial charge in [-0.1, -0.05) is 17.7 Å². The highest BCUT2D eigenvalue weighted by atomic mass is 35.5. The number of aromatic amines is 1. The van der Waals surface area contributed by atoms with E-state index in [4.69, 9.17) is 16.3 Å². The van der Waals surface area contributed by atoms with Crippen molar-refractivity contribution in [3.63, 3.8) is 0 Å². The third kappa shape index (κ3) is 5.48. The van der Waals surface area contributed by atoms with Crippen molar-refractivity contribution in [3.05, 3.63) is 64.8 Å². The molecule has 0 unspecified atom stereocenters. The smallest absolute Gasteiger partial charge is 0.254 e. The Labute approximate surface area is 248 Å². The van der Waals surface area contributed by atoms with Gasteiger partial charge < -0.3 is 30.2 Å². The van der Waals surface area contributed by atoms with Crippen LogP contribution in [0.3, 0.4) is 0 Å². The number of piperidine rings is 2. The molecule has 3 N–H and O–H groups in total. The number of fused-ring (bicyclic) bond motifs is 1. The minimum absolute atomic E-state index is 0.0840. The molecule has 1 saturated carbocycles. The van der Waals surface area contributed by atoms with Crippen LogP contribution in [-0.2, 0) is 14.3 Å². The molecule has 0 radical (unpaired) electrons. The molecular formula is C31H34ClN5O5. The zero-order valence-corrected chi connectivity index (χ0v) is 24.2. The summed E-state index contributed by atoms with van der Waals surface area (Å²) in [5.74, 6) is -0.587. The van der Waals surface area contributed by atoms with Crippen molar-refractivity contribution in [1.82, 2.24) is 20.5 Å². The Bertz CT molecular complexity index is 1530. The molecule has 2 saturated heterocycles. The molecule has 10 nitrogen and oxygen atoms in total. The predicted molar refractivity (Wildman–Crippen MR) is 159 cm³/mol. The second-order valence-electron chi connectivity index (χ2n) is 11.3. The van der Waals surface area contributed by atoms with Crippen molar-refractivity contribution in [2.45, 2.75) is 56.2 Å². The highest BCUT2D eigenvalue weighted by molar-refractivity contribution is 6.35. The molecule has 2 atom stereocenters. The summed E-state index contributed by atoms with van der Waals surface area (Å²) in [7, 11) is 1.55. The maximum Gasteiger partial charge on any atom is 0.254 e. The topological polar surface area (TPSA) is 124 Å². The van der Waals surface area contributed by atoms with Crippen LogP contribution in [0.5, 0.6) is 0 Å². The van der Waals surface area contributed by atoms with Crippen molar-refractivity contribution in [2.24, 2.45) is 0 Å². The summed E-state index contributed by atoms with van der Waals surface area (Å²) in [6, 6.07) is 11.3. The van der Waals surface area contributed by atoms with E-state index >= 15 is 0 Å². The van der Waals surface area contributed by atoms with E-state index in [-0.39, 0.29) is 30.2 Å². The molecule has 220 valence electrons. The van der Waals surface area contributed by atoms with Crippen LogP contribution in [-0.4, -0.2) is 77.9 Å². The van der Waals surface area contributed by atoms with Gasteiger partial charge in [0.05, 0.1) is 17.1 Å². The Balaban J connectivity index is 1.18. The average molecular weight is 592 g/mol. The Morgan fingerprint density at radius 2 is 1.69 bits per heavy atom. The summed E-state index contributed by atoms with van der Waals surface area (Å²) < 4.78 is 5.51. The number of anilines is 1. The van der Waals surface area contributed by atoms with E-state index in [9.17, 15) is 19.2 Å². The van der Waals surface area contributed by atoms with E-state index in [1.165, 1.54) is 0 Å². The lowest BCUT2D eigenvalue weighted by atomic mass is 9.97. The molecule has 0 spiro atoms. The Morgan fingerprint density at radius 3 is 2.40 bits per heavy atom. The number of likely N-dealkylation sites (tertiary alicyclic amines) is 1. The van der Waals surface area contributed by atoms with Crippen molar-refractivity contribution in [2.75, 3.05) is 31.6 Å². The van der Waals surface area contributed by atoms with E-state index in [1.807, 2.05) is 0 Å². The van der Waals surface area contributed by atoms with E-state index in [1.54, 1.807) is 65.6 Å². The molecule has 3 fully saturated rings. The van der Waals surface area contributed by atoms with E-state index in [0.29, 0.717) is 54.9 Å². The number of carbonyl (C=O) groups excluding carboxylic acids is 4. The first-order valence-corrected chi connectivity index (χ1v) is 14.8. The number of halogens is 1. The summed E-state index contributed by atoms with van der Waals surface area (Å²) in [6.07, 6.45) is 5.88. The number of ether oxygens (including phenoxy) is 1. The number of methoxy groups -OCH3 is 1. The molecule has 3 heterocycles. The zero-order valence-electron chi connectivity index (χ0n) is 23.5. The standard InChI is InChI=1S/C31H34ClN5O5/c1-42-31(12-13-31)30(41)36-15-11-24(26(18-36)35-29(40)20-7-10-22-23(32)17-33-25(22)16-20)34-28(39)19-5-8-21(9-6-19)37-14-3-2-4-27(37)38/h5-10,16-17,24,26,33H,2-4,11-15,18H2,1H3,(H,34,39)(H,35,40)/t24-,26+/m0/s1. The summed E-state index contributed by atoms with van der Waals surface area (Å²) in [5, 5.41) is 7.54. The van der Waals surface area contributed by atoms with Gasteiger partial charge in [0.1, 0.15) is 5.60 Å². The minimum Gasteiger partial charge on any atom is -0.368 e. The SMILES string of the molecule is COC1(C(=O)N2CC[C@H](NC(=O)c3ccc(N4CCCCC4=O)cc3)[C@H](NC(=O)c3ccc4c(Cl)c[nH]c4c3)C2)CC1. The van der Waals surface area contributed by atoms with Crippen molar-refractivity contribution in [3.8, 4) is 0 Å². The highest BCUT2D eigenvalue weighted by Crippen LogP contribution is 2.41. The van der Waals surface area contributed by atoms with Crippen LogP contribution < -0.4 is 15.5 Å². The fourth-order valence-electron chi connectivity index (χ4n) is 5.97. The first-order valence-electron chi connectivity index (χ1n) is 14.4. The Hall–Kier alpha value is -3.89. The molecule has 4 amide bonds. The average Bonchev–Trinajstić information content (AvgIpc) is 3.73. The Morgan fingerprint density at radius 1 is 0.976 bits per heavy atom. The Kier molecular flexibility index (Phi) is 7.67. The molecule has 1 aromatic heterocycles. The van der Waals surface area contributed by atoms with Crippen LogP contribution in [0.15, 0.2) is 48.7 Å². The lowest BCUT2D eigenvalue weighted by molar-refractivity contribution is -0.146. The molecule has 42 heavy (non-hydrogen) atoms. The number of hydrogen-bond donors (Lipinski definition) is 3. The molecule has 2 aromatic carbocycles. The first kappa shape index (κ1) is 28.2. The number of benzene rings is 2. The first-order chi connectivity index (χ1) is 20.3. The van der Waals surface area contributed by atoms with Crippen LogP contribution in [0.2, 0.25) is 5.02 Å². The normalized spacial score (nSPS) is 21.7. The monoisotopic (exact) mass is 591 g/mol. The van der Waals surface area contributed by atoms with Crippen LogP contribution in [0.4, 0.5) is 5.69 Å². The lowest BCUT2D eigenvalue weighted by Gasteiger charge is -2.40. The fraction of sp³-hybridized carbons (Fsp3) is 0.419. The number of amides is 4. The molecule has 11 heteroatoms. The number of hydrogen-bond acceptors (Lipinski definition) is 5. The largest absolute Gasteiger partial charge is 0.368 e. The molecule has 1 aliphatic carbocycles. The number of aromatic nitrogens is 1. The van der Waals surface area contributed by atoms with Crippen molar-refractivity contribution < 1.29 is 23.9 Å². The minimum atomic E-state index is -0.778. The summed E-state index contributed by atoms with van der Waals surface area (Å²) in [5.41, 5.74) is 1.63. The van der Waals surface area contributed by atoms with Crippen LogP contribution in [0, 0.1) is 0 Å². The summed E-state index contributed by atoms with van der Waals surface area (Å²) in [6.45, 7) is 1.36. The summed E-state index contributed by atoms with van der Waals surface area (Å²) in [4.78, 5) is 58.8. The fourth-order valence-corrected chi connectivity index (χ4v) is 6.19. The van der Waals surface area contributed by atoms with Gasteiger partial charge in [0.15, 0.2) is 0 Å². The molecule has 3 aliphatic rings. The number of nitrogens with zero attached hydrogens (tertiary/aromatic N) is 2. The molecular weight excluding hydrogens is 558 g/mol. The van der Waals surface area contributed by atoms with Crippen LogP contribution in [0.1, 0.15) is 59.2 Å². The van der Waals surface area contributed by atoms with E-state index in [0.717, 1.165) is 29.4 Å². The third-order valence-electron chi connectivity index (χ3n) is 8.68. The third-order valence-corrected chi connectivity index (χ3v) is 8.99. The number of H-pyrrole nitrogens is 1. The van der Waals surface area contributed by atoms with Crippen molar-refractivity contribution in [1.29, 1.82) is 0 Å². The van der Waals surface area contributed by atoms with Gasteiger partial charge >= 0.3 is 0 Å². The maximum atomic E-state index is 13.4. The van der Waals surface area contributed by atoms with Gasteiger partial charge in [-0.15, -0.1) is 0 Å². The van der Waals surface area contributed by atoms with Gasteiger partial charge in [-0.2, -0.15) is 0 Å². The molecule has 0 bridgehead atoms. The van der Waals surface area contributed by atoms with Gasteiger partial charge in [0.25, 0.3) is 17.7 Å². The maximum absolute atomic E-state index is 13.4. The van der Waals surface area contributed by atoms with Gasteiger partial charge in [-0.3, -0.25) is 19.2 Å². The quantitative estimate of drug-likeness (QED) is 0.387. The second-order valence-corrected chi connectivity index (χ2v) is 11.8.